The Hall–Kier alpha value is -1.37. The fraction of sp³-hybridized carbons (Fsp3) is 0.526. The molecule has 3 rings (SSSR count). The zero-order chi connectivity index (χ0) is 18.4. The van der Waals surface area contributed by atoms with Gasteiger partial charge in [0.2, 0.25) is 0 Å². The molecule has 0 unspecified atom stereocenters. The van der Waals surface area contributed by atoms with Gasteiger partial charge in [0.1, 0.15) is 5.69 Å². The molecular weight excluding hydrogens is 384 g/mol. The van der Waals surface area contributed by atoms with Gasteiger partial charge in [-0.1, -0.05) is 32.0 Å². The summed E-state index contributed by atoms with van der Waals surface area (Å²) in [4.78, 5) is 12.8. The number of hydrogen-bond acceptors (Lipinski definition) is 3. The summed E-state index contributed by atoms with van der Waals surface area (Å²) in [5.41, 5.74) is 0.188. The molecule has 25 heavy (non-hydrogen) atoms. The number of aromatic nitrogens is 1. The van der Waals surface area contributed by atoms with Crippen LogP contribution in [0, 0.1) is 5.41 Å². The van der Waals surface area contributed by atoms with E-state index in [-0.39, 0.29) is 18.6 Å². The Morgan fingerprint density at radius 1 is 1.44 bits per heavy atom. The molecule has 1 fully saturated rings. The fourth-order valence-corrected chi connectivity index (χ4v) is 4.45. The van der Waals surface area contributed by atoms with E-state index in [0.29, 0.717) is 18.7 Å². The Morgan fingerprint density at radius 2 is 2.12 bits per heavy atom. The van der Waals surface area contributed by atoms with Crippen LogP contribution in [0.4, 0.5) is 0 Å². The van der Waals surface area contributed by atoms with Crippen LogP contribution in [0.15, 0.2) is 28.7 Å². The van der Waals surface area contributed by atoms with E-state index in [2.05, 4.69) is 21.2 Å². The lowest BCUT2D eigenvalue weighted by molar-refractivity contribution is -0.237. The number of nitrogens with zero attached hydrogens (tertiary/aromatic N) is 1. The summed E-state index contributed by atoms with van der Waals surface area (Å²) in [7, 11) is 1.87. The molecule has 1 aliphatic carbocycles. The monoisotopic (exact) mass is 408 g/mol. The molecule has 0 radical (unpaired) electrons. The van der Waals surface area contributed by atoms with Gasteiger partial charge in [-0.2, -0.15) is 0 Å². The number of halogens is 1. The number of ether oxygens (including phenoxy) is 1. The van der Waals surface area contributed by atoms with Crippen LogP contribution in [-0.2, 0) is 11.8 Å². The summed E-state index contributed by atoms with van der Waals surface area (Å²) >= 11 is 3.54. The maximum absolute atomic E-state index is 12.8. The number of hydrogen-bond donors (Lipinski definition) is 2. The van der Waals surface area contributed by atoms with Crippen molar-refractivity contribution in [3.05, 3.63) is 34.4 Å². The predicted octanol–water partition coefficient (Wildman–Crippen LogP) is 3.24. The van der Waals surface area contributed by atoms with E-state index in [4.69, 9.17) is 4.74 Å². The van der Waals surface area contributed by atoms with Crippen molar-refractivity contribution in [3.63, 3.8) is 0 Å². The van der Waals surface area contributed by atoms with E-state index >= 15 is 0 Å². The Morgan fingerprint density at radius 3 is 2.72 bits per heavy atom. The summed E-state index contributed by atoms with van der Waals surface area (Å²) in [5.74, 6) is -0.199. The predicted molar refractivity (Wildman–Crippen MR) is 102 cm³/mol. The van der Waals surface area contributed by atoms with E-state index in [1.165, 1.54) is 0 Å². The average molecular weight is 409 g/mol. The zero-order valence-corrected chi connectivity index (χ0v) is 16.7. The molecule has 1 heterocycles. The number of fused-ring (bicyclic) bond motifs is 1. The summed E-state index contributed by atoms with van der Waals surface area (Å²) in [6.45, 7) is 6.74. The van der Waals surface area contributed by atoms with Crippen LogP contribution in [0.25, 0.3) is 10.9 Å². The molecule has 2 atom stereocenters. The van der Waals surface area contributed by atoms with Gasteiger partial charge < -0.3 is 19.7 Å². The highest BCUT2D eigenvalue weighted by Crippen LogP contribution is 2.51. The Balaban J connectivity index is 1.76. The van der Waals surface area contributed by atoms with Crippen molar-refractivity contribution in [3.8, 4) is 0 Å². The average Bonchev–Trinajstić information content (AvgIpc) is 2.84. The Bertz CT molecular complexity index is 775. The number of benzene rings is 1. The Kier molecular flexibility index (Phi) is 4.73. The maximum Gasteiger partial charge on any atom is 0.269 e. The first-order valence-corrected chi connectivity index (χ1v) is 9.37. The minimum Gasteiger partial charge on any atom is -0.387 e. The third kappa shape index (κ3) is 2.80. The molecule has 0 saturated heterocycles. The third-order valence-electron chi connectivity index (χ3n) is 5.70. The Labute approximate surface area is 156 Å². The van der Waals surface area contributed by atoms with Crippen LogP contribution in [0.2, 0.25) is 0 Å². The second-order valence-electron chi connectivity index (χ2n) is 7.32. The van der Waals surface area contributed by atoms with E-state index in [1.54, 1.807) is 0 Å². The SMILES string of the molecule is CCO[C@H]1C[C@](O)(CNC(=O)c2c(Br)c3ccccc3n2C)C1(C)C. The molecule has 5 nitrogen and oxygen atoms in total. The van der Waals surface area contributed by atoms with Crippen molar-refractivity contribution in [1.29, 1.82) is 0 Å². The van der Waals surface area contributed by atoms with Crippen LogP contribution in [-0.4, -0.2) is 40.4 Å². The second-order valence-corrected chi connectivity index (χ2v) is 8.12. The van der Waals surface area contributed by atoms with Gasteiger partial charge in [0.05, 0.1) is 16.2 Å². The largest absolute Gasteiger partial charge is 0.387 e. The number of carbonyl (C=O) groups excluding carboxylic acids is 1. The molecule has 1 aliphatic rings. The molecule has 1 saturated carbocycles. The van der Waals surface area contributed by atoms with Crippen LogP contribution >= 0.6 is 15.9 Å². The molecule has 2 aromatic rings. The first-order chi connectivity index (χ1) is 11.7. The van der Waals surface area contributed by atoms with E-state index in [1.807, 2.05) is 56.7 Å². The van der Waals surface area contributed by atoms with E-state index in [0.717, 1.165) is 15.4 Å². The molecule has 0 bridgehead atoms. The summed E-state index contributed by atoms with van der Waals surface area (Å²) in [6.07, 6.45) is 0.550. The molecule has 1 aromatic heterocycles. The van der Waals surface area contributed by atoms with Crippen molar-refractivity contribution >= 4 is 32.7 Å². The first-order valence-electron chi connectivity index (χ1n) is 8.58. The molecule has 1 amide bonds. The summed E-state index contributed by atoms with van der Waals surface area (Å²) < 4.78 is 8.32. The van der Waals surface area contributed by atoms with Crippen LogP contribution in [0.1, 0.15) is 37.7 Å². The highest BCUT2D eigenvalue weighted by Gasteiger charge is 2.60. The smallest absolute Gasteiger partial charge is 0.269 e. The number of para-hydroxylation sites is 1. The lowest BCUT2D eigenvalue weighted by atomic mass is 9.56. The van der Waals surface area contributed by atoms with Crippen molar-refractivity contribution in [1.82, 2.24) is 9.88 Å². The van der Waals surface area contributed by atoms with Gasteiger partial charge in [0, 0.05) is 42.9 Å². The van der Waals surface area contributed by atoms with Gasteiger partial charge >= 0.3 is 0 Å². The lowest BCUT2D eigenvalue weighted by Crippen LogP contribution is -2.68. The highest BCUT2D eigenvalue weighted by molar-refractivity contribution is 9.10. The van der Waals surface area contributed by atoms with Gasteiger partial charge in [-0.3, -0.25) is 4.79 Å². The maximum atomic E-state index is 12.8. The van der Waals surface area contributed by atoms with E-state index < -0.39 is 11.0 Å². The summed E-state index contributed by atoms with van der Waals surface area (Å²) in [5, 5.41) is 14.8. The molecule has 0 aliphatic heterocycles. The second kappa shape index (κ2) is 6.41. The first kappa shape index (κ1) is 18.4. The number of rotatable bonds is 5. The quantitative estimate of drug-likeness (QED) is 0.797. The molecule has 136 valence electrons. The highest BCUT2D eigenvalue weighted by atomic mass is 79.9. The van der Waals surface area contributed by atoms with Crippen molar-refractivity contribution in [2.75, 3.05) is 13.2 Å². The van der Waals surface area contributed by atoms with Gasteiger partial charge in [0.15, 0.2) is 0 Å². The van der Waals surface area contributed by atoms with Gasteiger partial charge in [-0.15, -0.1) is 0 Å². The molecular formula is C19H25BrN2O3. The number of aryl methyl sites for hydroxylation is 1. The number of amides is 1. The van der Waals surface area contributed by atoms with Crippen molar-refractivity contribution in [2.45, 2.75) is 38.9 Å². The lowest BCUT2D eigenvalue weighted by Gasteiger charge is -2.57. The van der Waals surface area contributed by atoms with Crippen molar-refractivity contribution < 1.29 is 14.6 Å². The third-order valence-corrected chi connectivity index (χ3v) is 6.50. The van der Waals surface area contributed by atoms with E-state index in [9.17, 15) is 9.90 Å². The molecule has 2 N–H and O–H groups in total. The molecule has 1 aromatic carbocycles. The molecule has 6 heteroatoms. The topological polar surface area (TPSA) is 63.5 Å². The summed E-state index contributed by atoms with van der Waals surface area (Å²) in [6, 6.07) is 7.85. The number of carbonyl (C=O) groups is 1. The minimum atomic E-state index is -0.959. The zero-order valence-electron chi connectivity index (χ0n) is 15.1. The van der Waals surface area contributed by atoms with Gasteiger partial charge in [-0.25, -0.2) is 0 Å². The van der Waals surface area contributed by atoms with Crippen LogP contribution < -0.4 is 5.32 Å². The van der Waals surface area contributed by atoms with Crippen LogP contribution in [0.5, 0.6) is 0 Å². The fourth-order valence-electron chi connectivity index (χ4n) is 3.67. The van der Waals surface area contributed by atoms with Gasteiger partial charge in [0.25, 0.3) is 5.91 Å². The molecule has 0 spiro atoms. The number of nitrogens with one attached hydrogen (secondary N) is 1. The standard InChI is InChI=1S/C19H25BrN2O3/c1-5-25-14-10-19(24,18(14,2)3)11-21-17(23)16-15(20)12-8-6-7-9-13(12)22(16)4/h6-9,14,24H,5,10-11H2,1-4H3,(H,21,23)/t14-,19-/m0/s1. The van der Waals surface area contributed by atoms with Crippen molar-refractivity contribution in [2.24, 2.45) is 12.5 Å². The normalized spacial score (nSPS) is 25.0. The number of aliphatic hydroxyl groups is 1. The minimum absolute atomic E-state index is 0.0174. The van der Waals surface area contributed by atoms with Gasteiger partial charge in [-0.05, 0) is 28.9 Å². The van der Waals surface area contributed by atoms with Crippen LogP contribution in [0.3, 0.4) is 0 Å².